The van der Waals surface area contributed by atoms with Crippen molar-refractivity contribution in [2.75, 3.05) is 17.7 Å². The van der Waals surface area contributed by atoms with Gasteiger partial charge in [-0.25, -0.2) is 0 Å². The second-order valence-corrected chi connectivity index (χ2v) is 7.51. The molecule has 2 aromatic carbocycles. The average molecular weight is 364 g/mol. The van der Waals surface area contributed by atoms with Crippen molar-refractivity contribution in [3.63, 3.8) is 0 Å². The summed E-state index contributed by atoms with van der Waals surface area (Å²) in [6.07, 6.45) is 0. The van der Waals surface area contributed by atoms with E-state index in [0.29, 0.717) is 11.6 Å². The summed E-state index contributed by atoms with van der Waals surface area (Å²) in [5.74, 6) is 1.49. The van der Waals surface area contributed by atoms with Gasteiger partial charge in [-0.1, -0.05) is 29.8 Å². The van der Waals surface area contributed by atoms with Crippen LogP contribution < -0.4 is 10.1 Å². The zero-order valence-electron chi connectivity index (χ0n) is 14.1. The molecule has 2 rings (SSSR count). The van der Waals surface area contributed by atoms with Crippen molar-refractivity contribution >= 4 is 35.0 Å². The lowest BCUT2D eigenvalue weighted by Crippen LogP contribution is -2.23. The average Bonchev–Trinajstić information content (AvgIpc) is 2.55. The van der Waals surface area contributed by atoms with Crippen LogP contribution in [-0.2, 0) is 4.79 Å². The number of carbonyl (C=O) groups is 1. The molecule has 1 amide bonds. The first-order valence-electron chi connectivity index (χ1n) is 7.84. The van der Waals surface area contributed by atoms with Crippen LogP contribution in [0.3, 0.4) is 0 Å². The van der Waals surface area contributed by atoms with Gasteiger partial charge < -0.3 is 10.1 Å². The fraction of sp³-hybridized carbons (Fsp3) is 0.316. The standard InChI is InChI=1S/C19H22ClNO2S/c1-13-7-8-14(2)18(11-13)21-19(22)15(3)24-10-9-23-17-6-4-5-16(20)12-17/h4-8,11-12,15H,9-10H2,1-3H3,(H,21,22). The van der Waals surface area contributed by atoms with Crippen LogP contribution in [0.25, 0.3) is 0 Å². The number of ether oxygens (including phenoxy) is 1. The summed E-state index contributed by atoms with van der Waals surface area (Å²) in [6, 6.07) is 13.4. The van der Waals surface area contributed by atoms with E-state index in [1.807, 2.05) is 57.2 Å². The zero-order chi connectivity index (χ0) is 17.5. The first kappa shape index (κ1) is 18.7. The molecule has 0 aliphatic rings. The summed E-state index contributed by atoms with van der Waals surface area (Å²) in [6.45, 7) is 6.45. The van der Waals surface area contributed by atoms with Crippen molar-refractivity contribution in [1.29, 1.82) is 0 Å². The SMILES string of the molecule is Cc1ccc(C)c(NC(=O)C(C)SCCOc2cccc(Cl)c2)c1. The minimum Gasteiger partial charge on any atom is -0.493 e. The maximum Gasteiger partial charge on any atom is 0.237 e. The number of nitrogens with one attached hydrogen (secondary N) is 1. The Balaban J connectivity index is 1.76. The monoisotopic (exact) mass is 363 g/mol. The van der Waals surface area contributed by atoms with Gasteiger partial charge in [-0.15, -0.1) is 11.8 Å². The van der Waals surface area contributed by atoms with Gasteiger partial charge in [-0.05, 0) is 56.2 Å². The third-order valence-electron chi connectivity index (χ3n) is 3.54. The highest BCUT2D eigenvalue weighted by atomic mass is 35.5. The first-order chi connectivity index (χ1) is 11.5. The number of thioether (sulfide) groups is 1. The van der Waals surface area contributed by atoms with Gasteiger partial charge in [0, 0.05) is 16.5 Å². The molecule has 1 N–H and O–H groups in total. The van der Waals surface area contributed by atoms with Crippen LogP contribution in [0.1, 0.15) is 18.1 Å². The van der Waals surface area contributed by atoms with Crippen LogP contribution in [0.15, 0.2) is 42.5 Å². The summed E-state index contributed by atoms with van der Waals surface area (Å²) in [5, 5.41) is 3.51. The Morgan fingerprint density at radius 1 is 1.25 bits per heavy atom. The van der Waals surface area contributed by atoms with Gasteiger partial charge in [0.2, 0.25) is 5.91 Å². The molecule has 0 fully saturated rings. The fourth-order valence-electron chi connectivity index (χ4n) is 2.12. The van der Waals surface area contributed by atoms with Crippen molar-refractivity contribution in [3.05, 3.63) is 58.6 Å². The van der Waals surface area contributed by atoms with Gasteiger partial charge in [-0.2, -0.15) is 0 Å². The summed E-state index contributed by atoms with van der Waals surface area (Å²) < 4.78 is 5.63. The fourth-order valence-corrected chi connectivity index (χ4v) is 3.05. The highest BCUT2D eigenvalue weighted by Crippen LogP contribution is 2.20. The van der Waals surface area contributed by atoms with Crippen molar-refractivity contribution in [2.24, 2.45) is 0 Å². The van der Waals surface area contributed by atoms with Gasteiger partial charge >= 0.3 is 0 Å². The number of hydrogen-bond donors (Lipinski definition) is 1. The van der Waals surface area contributed by atoms with E-state index in [0.717, 1.165) is 28.3 Å². The first-order valence-corrected chi connectivity index (χ1v) is 9.26. The Bertz CT molecular complexity index is 706. The van der Waals surface area contributed by atoms with Crippen molar-refractivity contribution in [1.82, 2.24) is 0 Å². The number of amides is 1. The molecule has 1 atom stereocenters. The number of carbonyl (C=O) groups excluding carboxylic acids is 1. The molecule has 128 valence electrons. The molecule has 5 heteroatoms. The Labute approximate surface area is 152 Å². The van der Waals surface area contributed by atoms with Crippen molar-refractivity contribution in [3.8, 4) is 5.75 Å². The third-order valence-corrected chi connectivity index (χ3v) is 4.89. The van der Waals surface area contributed by atoms with E-state index in [4.69, 9.17) is 16.3 Å². The topological polar surface area (TPSA) is 38.3 Å². The van der Waals surface area contributed by atoms with E-state index >= 15 is 0 Å². The summed E-state index contributed by atoms with van der Waals surface area (Å²) in [4.78, 5) is 12.3. The molecule has 0 radical (unpaired) electrons. The van der Waals surface area contributed by atoms with Crippen LogP contribution in [-0.4, -0.2) is 23.5 Å². The predicted octanol–water partition coefficient (Wildman–Crippen LogP) is 5.10. The Kier molecular flexibility index (Phi) is 7.00. The Morgan fingerprint density at radius 3 is 2.79 bits per heavy atom. The lowest BCUT2D eigenvalue weighted by Gasteiger charge is -2.14. The van der Waals surface area contributed by atoms with E-state index < -0.39 is 0 Å². The predicted molar refractivity (Wildman–Crippen MR) is 103 cm³/mol. The van der Waals surface area contributed by atoms with E-state index in [-0.39, 0.29) is 11.2 Å². The van der Waals surface area contributed by atoms with Crippen LogP contribution in [0.5, 0.6) is 5.75 Å². The van der Waals surface area contributed by atoms with E-state index in [1.54, 1.807) is 17.8 Å². The summed E-state index contributed by atoms with van der Waals surface area (Å²) in [7, 11) is 0. The van der Waals surface area contributed by atoms with Crippen LogP contribution in [0.4, 0.5) is 5.69 Å². The highest BCUT2D eigenvalue weighted by molar-refractivity contribution is 8.00. The van der Waals surface area contributed by atoms with Crippen molar-refractivity contribution < 1.29 is 9.53 Å². The smallest absolute Gasteiger partial charge is 0.237 e. The molecule has 0 saturated heterocycles. The van der Waals surface area contributed by atoms with Gasteiger partial charge in [-0.3, -0.25) is 4.79 Å². The van der Waals surface area contributed by atoms with Gasteiger partial charge in [0.05, 0.1) is 11.9 Å². The minimum atomic E-state index is -0.145. The van der Waals surface area contributed by atoms with Crippen LogP contribution in [0, 0.1) is 13.8 Å². The molecule has 24 heavy (non-hydrogen) atoms. The molecule has 3 nitrogen and oxygen atoms in total. The lowest BCUT2D eigenvalue weighted by molar-refractivity contribution is -0.115. The highest BCUT2D eigenvalue weighted by Gasteiger charge is 2.14. The normalized spacial score (nSPS) is 11.8. The molecule has 0 aliphatic heterocycles. The van der Waals surface area contributed by atoms with Gasteiger partial charge in [0.15, 0.2) is 0 Å². The molecule has 0 bridgehead atoms. The molecular weight excluding hydrogens is 342 g/mol. The number of anilines is 1. The van der Waals surface area contributed by atoms with E-state index in [9.17, 15) is 4.79 Å². The summed E-state index contributed by atoms with van der Waals surface area (Å²) >= 11 is 7.48. The minimum absolute atomic E-state index is 0.0106. The van der Waals surface area contributed by atoms with Gasteiger partial charge in [0.1, 0.15) is 5.75 Å². The second kappa shape index (κ2) is 9.00. The number of hydrogen-bond acceptors (Lipinski definition) is 3. The summed E-state index contributed by atoms with van der Waals surface area (Å²) in [5.41, 5.74) is 3.07. The third kappa shape index (κ3) is 5.77. The number of benzene rings is 2. The Hall–Kier alpha value is -1.65. The number of rotatable bonds is 7. The van der Waals surface area contributed by atoms with E-state index in [2.05, 4.69) is 5.32 Å². The largest absolute Gasteiger partial charge is 0.493 e. The second-order valence-electron chi connectivity index (χ2n) is 5.63. The Morgan fingerprint density at radius 2 is 2.04 bits per heavy atom. The number of halogens is 1. The van der Waals surface area contributed by atoms with Crippen molar-refractivity contribution in [2.45, 2.75) is 26.0 Å². The molecule has 0 heterocycles. The molecule has 0 aromatic heterocycles. The van der Waals surface area contributed by atoms with Crippen LogP contribution >= 0.6 is 23.4 Å². The quantitative estimate of drug-likeness (QED) is 0.696. The maximum absolute atomic E-state index is 12.3. The molecule has 0 spiro atoms. The number of aryl methyl sites for hydroxylation is 2. The molecule has 0 aliphatic carbocycles. The van der Waals surface area contributed by atoms with Crippen LogP contribution in [0.2, 0.25) is 5.02 Å². The molecule has 0 saturated carbocycles. The molecule has 2 aromatic rings. The van der Waals surface area contributed by atoms with Gasteiger partial charge in [0.25, 0.3) is 0 Å². The van der Waals surface area contributed by atoms with E-state index in [1.165, 1.54) is 0 Å². The lowest BCUT2D eigenvalue weighted by atomic mass is 10.1. The molecule has 1 unspecified atom stereocenters. The molecular formula is C19H22ClNO2S. The maximum atomic E-state index is 12.3. The zero-order valence-corrected chi connectivity index (χ0v) is 15.7.